The van der Waals surface area contributed by atoms with Crippen LogP contribution in [0.3, 0.4) is 0 Å². The van der Waals surface area contributed by atoms with Crippen LogP contribution in [-0.4, -0.2) is 30.4 Å². The second-order valence-electron chi connectivity index (χ2n) is 5.04. The fourth-order valence-electron chi connectivity index (χ4n) is 2.55. The molecule has 1 unspecified atom stereocenters. The minimum absolute atomic E-state index is 0.387. The molecule has 0 saturated heterocycles. The van der Waals surface area contributed by atoms with E-state index in [4.69, 9.17) is 9.47 Å². The summed E-state index contributed by atoms with van der Waals surface area (Å²) >= 11 is 0. The Balaban J connectivity index is 2.55. The van der Waals surface area contributed by atoms with Crippen LogP contribution in [0.4, 0.5) is 0 Å². The highest BCUT2D eigenvalue weighted by atomic mass is 28.1. The Morgan fingerprint density at radius 3 is 2.48 bits per heavy atom. The quantitative estimate of drug-likeness (QED) is 0.482. The highest BCUT2D eigenvalue weighted by Crippen LogP contribution is 2.30. The number of methoxy groups -OCH3 is 2. The van der Waals surface area contributed by atoms with E-state index in [9.17, 15) is 4.79 Å². The summed E-state index contributed by atoms with van der Waals surface area (Å²) in [4.78, 5) is 12.6. The second-order valence-corrected chi connectivity index (χ2v) is 5.29. The summed E-state index contributed by atoms with van der Waals surface area (Å²) in [7, 11) is 6.17. The Hall–Kier alpha value is -2.51. The number of carbonyl (C=O) groups excluding carboxylic acids is 1. The molecule has 3 radical (unpaired) electrons. The lowest BCUT2D eigenvalue weighted by molar-refractivity contribution is -0.145. The average Bonchev–Trinajstić information content (AvgIpc) is 2.61. The number of hydrogen-bond acceptors (Lipinski definition) is 3. The SMILES string of the molecule is COC(=O)C(C#C[Si])(Cc1cccc(OC)c1)c1ccccc1. The van der Waals surface area contributed by atoms with E-state index in [0.717, 1.165) is 16.9 Å². The molecule has 0 bridgehead atoms. The molecule has 2 aromatic carbocycles. The molecule has 0 spiro atoms. The number of hydrogen-bond donors (Lipinski definition) is 0. The molecule has 0 aliphatic carbocycles. The maximum Gasteiger partial charge on any atom is 0.328 e. The van der Waals surface area contributed by atoms with Crippen molar-refractivity contribution >= 4 is 16.2 Å². The Kier molecular flexibility index (Phi) is 5.61. The predicted molar refractivity (Wildman–Crippen MR) is 90.4 cm³/mol. The molecule has 0 heterocycles. The summed E-state index contributed by atoms with van der Waals surface area (Å²) in [5.74, 6) is 3.34. The number of rotatable bonds is 5. The van der Waals surface area contributed by atoms with E-state index in [1.54, 1.807) is 7.11 Å². The topological polar surface area (TPSA) is 35.5 Å². The van der Waals surface area contributed by atoms with Crippen LogP contribution >= 0.6 is 0 Å². The van der Waals surface area contributed by atoms with Crippen LogP contribution in [0.1, 0.15) is 11.1 Å². The Morgan fingerprint density at radius 1 is 1.13 bits per heavy atom. The van der Waals surface area contributed by atoms with Crippen molar-refractivity contribution in [2.75, 3.05) is 14.2 Å². The smallest absolute Gasteiger partial charge is 0.328 e. The first kappa shape index (κ1) is 16.9. The van der Waals surface area contributed by atoms with Gasteiger partial charge in [-0.25, -0.2) is 0 Å². The van der Waals surface area contributed by atoms with Crippen molar-refractivity contribution in [1.29, 1.82) is 0 Å². The van der Waals surface area contributed by atoms with Crippen molar-refractivity contribution in [2.24, 2.45) is 0 Å². The van der Waals surface area contributed by atoms with E-state index >= 15 is 0 Å². The number of carbonyl (C=O) groups is 1. The molecule has 23 heavy (non-hydrogen) atoms. The van der Waals surface area contributed by atoms with E-state index in [0.29, 0.717) is 6.42 Å². The molecule has 0 fully saturated rings. The van der Waals surface area contributed by atoms with Gasteiger partial charge < -0.3 is 9.47 Å². The van der Waals surface area contributed by atoms with E-state index in [1.807, 2.05) is 54.6 Å². The summed E-state index contributed by atoms with van der Waals surface area (Å²) in [6, 6.07) is 17.0. The summed E-state index contributed by atoms with van der Waals surface area (Å²) in [6.45, 7) is 0. The van der Waals surface area contributed by atoms with Gasteiger partial charge in [-0.05, 0) is 23.3 Å². The Bertz CT molecular complexity index is 731. The lowest BCUT2D eigenvalue weighted by Gasteiger charge is -2.26. The van der Waals surface area contributed by atoms with Crippen LogP contribution in [0.5, 0.6) is 5.75 Å². The summed E-state index contributed by atoms with van der Waals surface area (Å²) in [5, 5.41) is 0. The minimum atomic E-state index is -1.08. The third-order valence-electron chi connectivity index (χ3n) is 3.68. The molecule has 0 aliphatic heterocycles. The number of ether oxygens (including phenoxy) is 2. The van der Waals surface area contributed by atoms with E-state index in [1.165, 1.54) is 7.11 Å². The standard InChI is InChI=1S/C19H17O3Si/c1-21-17-10-6-7-15(13-17)14-19(11-12-23,18(20)22-2)16-8-4-3-5-9-16/h3-10,13H,14H2,1-2H3. The molecule has 0 aromatic heterocycles. The largest absolute Gasteiger partial charge is 0.497 e. The molecular weight excluding hydrogens is 304 g/mol. The molecule has 4 heteroatoms. The van der Waals surface area contributed by atoms with E-state index in [-0.39, 0.29) is 0 Å². The normalized spacial score (nSPS) is 12.5. The highest BCUT2D eigenvalue weighted by Gasteiger charge is 2.40. The summed E-state index contributed by atoms with van der Waals surface area (Å²) in [6.07, 6.45) is 0.387. The lowest BCUT2D eigenvalue weighted by Crippen LogP contribution is -2.38. The van der Waals surface area contributed by atoms with Gasteiger partial charge in [0.15, 0.2) is 5.41 Å². The fourth-order valence-corrected chi connectivity index (χ4v) is 2.77. The fraction of sp³-hybridized carbons (Fsp3) is 0.211. The van der Waals surface area contributed by atoms with Crippen molar-refractivity contribution in [3.8, 4) is 17.2 Å². The first-order valence-electron chi connectivity index (χ1n) is 7.12. The van der Waals surface area contributed by atoms with Crippen LogP contribution in [0.25, 0.3) is 0 Å². The molecule has 0 aliphatic rings. The zero-order valence-electron chi connectivity index (χ0n) is 13.1. The Morgan fingerprint density at radius 2 is 1.87 bits per heavy atom. The van der Waals surface area contributed by atoms with Gasteiger partial charge in [-0.3, -0.25) is 4.79 Å². The zero-order chi connectivity index (χ0) is 16.7. The summed E-state index contributed by atoms with van der Waals surface area (Å²) in [5.41, 5.74) is 3.35. The van der Waals surface area contributed by atoms with Gasteiger partial charge in [0.2, 0.25) is 0 Å². The minimum Gasteiger partial charge on any atom is -0.497 e. The van der Waals surface area contributed by atoms with Gasteiger partial charge in [-0.2, -0.15) is 0 Å². The van der Waals surface area contributed by atoms with Crippen molar-refractivity contribution in [3.05, 3.63) is 65.7 Å². The lowest BCUT2D eigenvalue weighted by atomic mass is 9.76. The Labute approximate surface area is 140 Å². The van der Waals surface area contributed by atoms with Crippen LogP contribution in [-0.2, 0) is 21.4 Å². The molecular formula is C19H17O3Si. The molecule has 2 rings (SSSR count). The third kappa shape index (κ3) is 3.64. The molecule has 3 nitrogen and oxygen atoms in total. The van der Waals surface area contributed by atoms with Gasteiger partial charge in [-0.15, -0.1) is 5.54 Å². The first-order chi connectivity index (χ1) is 11.2. The van der Waals surface area contributed by atoms with E-state index in [2.05, 4.69) is 21.7 Å². The maximum atomic E-state index is 12.6. The molecule has 0 N–H and O–H groups in total. The van der Waals surface area contributed by atoms with Crippen molar-refractivity contribution in [3.63, 3.8) is 0 Å². The second kappa shape index (κ2) is 7.66. The predicted octanol–water partition coefficient (Wildman–Crippen LogP) is 2.48. The highest BCUT2D eigenvalue weighted by molar-refractivity contribution is 6.22. The van der Waals surface area contributed by atoms with Gasteiger partial charge in [0.25, 0.3) is 0 Å². The monoisotopic (exact) mass is 321 g/mol. The zero-order valence-corrected chi connectivity index (χ0v) is 14.1. The van der Waals surface area contributed by atoms with Crippen LogP contribution in [0.2, 0.25) is 0 Å². The van der Waals surface area contributed by atoms with Crippen molar-refractivity contribution < 1.29 is 14.3 Å². The van der Waals surface area contributed by atoms with Gasteiger partial charge >= 0.3 is 5.97 Å². The van der Waals surface area contributed by atoms with Crippen LogP contribution < -0.4 is 4.74 Å². The molecule has 0 saturated carbocycles. The molecule has 0 amide bonds. The summed E-state index contributed by atoms with van der Waals surface area (Å²) < 4.78 is 10.3. The average molecular weight is 321 g/mol. The van der Waals surface area contributed by atoms with Gasteiger partial charge in [0, 0.05) is 6.42 Å². The van der Waals surface area contributed by atoms with Crippen LogP contribution in [0, 0.1) is 11.5 Å². The molecule has 2 aromatic rings. The van der Waals surface area contributed by atoms with Gasteiger partial charge in [0.05, 0.1) is 14.2 Å². The number of esters is 1. The molecule has 1 atom stereocenters. The third-order valence-corrected chi connectivity index (χ3v) is 3.80. The van der Waals surface area contributed by atoms with Gasteiger partial charge in [0.1, 0.15) is 16.0 Å². The van der Waals surface area contributed by atoms with Crippen molar-refractivity contribution in [2.45, 2.75) is 11.8 Å². The maximum absolute atomic E-state index is 12.6. The van der Waals surface area contributed by atoms with E-state index < -0.39 is 11.4 Å². The number of benzene rings is 2. The van der Waals surface area contributed by atoms with Crippen LogP contribution in [0.15, 0.2) is 54.6 Å². The van der Waals surface area contributed by atoms with Gasteiger partial charge in [-0.1, -0.05) is 48.4 Å². The molecule has 115 valence electrons. The first-order valence-corrected chi connectivity index (χ1v) is 7.62. The van der Waals surface area contributed by atoms with Crippen molar-refractivity contribution in [1.82, 2.24) is 0 Å².